The first-order valence-corrected chi connectivity index (χ1v) is 5.99. The van der Waals surface area contributed by atoms with Gasteiger partial charge in [0, 0.05) is 0 Å². The van der Waals surface area contributed by atoms with Crippen LogP contribution in [0.2, 0.25) is 4.55 Å². The molecule has 0 unspecified atom stereocenters. The van der Waals surface area contributed by atoms with Crippen LogP contribution in [-0.4, -0.2) is 21.7 Å². The molecule has 0 radical (unpaired) electrons. The third kappa shape index (κ3) is 3.56. The summed E-state index contributed by atoms with van der Waals surface area (Å²) in [6.45, 7) is 6.81. The van der Waals surface area contributed by atoms with E-state index in [0.29, 0.717) is 5.41 Å². The maximum atomic E-state index is 2.31. The number of rotatable bonds is 3. The van der Waals surface area contributed by atoms with Crippen molar-refractivity contribution in [1.29, 1.82) is 0 Å². The Morgan fingerprint density at radius 2 is 1.64 bits per heavy atom. The first-order chi connectivity index (χ1) is 6.10. The van der Waals surface area contributed by atoms with Crippen LogP contribution >= 0.6 is 0 Å². The Morgan fingerprint density at radius 3 is 2.00 bits per heavy atom. The molecule has 74 valence electrons. The van der Waals surface area contributed by atoms with Crippen molar-refractivity contribution in [2.75, 3.05) is 0 Å². The first-order valence-electron chi connectivity index (χ1n) is 4.99. The molecular formula is C12H17BrMg. The molecule has 1 rings (SSSR count). The van der Waals surface area contributed by atoms with Gasteiger partial charge in [-0.1, -0.05) is 0 Å². The molecule has 0 aliphatic rings. The molecule has 0 saturated carbocycles. The predicted molar refractivity (Wildman–Crippen MR) is 59.4 cm³/mol. The van der Waals surface area contributed by atoms with Crippen molar-refractivity contribution in [3.8, 4) is 0 Å². The van der Waals surface area contributed by atoms with Crippen molar-refractivity contribution >= 4 is 21.7 Å². The second-order valence-electron chi connectivity index (χ2n) is 4.18. The summed E-state index contributed by atoms with van der Waals surface area (Å²) in [6.07, 6.45) is 1.13. The van der Waals surface area contributed by atoms with Crippen LogP contribution in [0.1, 0.15) is 31.9 Å². The van der Waals surface area contributed by atoms with E-state index in [-0.39, 0.29) is 17.0 Å². The van der Waals surface area contributed by atoms with Gasteiger partial charge < -0.3 is 17.0 Å². The van der Waals surface area contributed by atoms with Crippen LogP contribution in [0.4, 0.5) is 0 Å². The molecule has 1 aromatic rings. The van der Waals surface area contributed by atoms with Gasteiger partial charge in [-0.2, -0.15) is 0 Å². The average Bonchev–Trinajstić information content (AvgIpc) is 2.18. The Balaban J connectivity index is 0.00000169. The summed E-state index contributed by atoms with van der Waals surface area (Å²) in [4.78, 5) is 0. The van der Waals surface area contributed by atoms with Crippen LogP contribution in [0.5, 0.6) is 0 Å². The van der Waals surface area contributed by atoms with Gasteiger partial charge in [0.25, 0.3) is 0 Å². The summed E-state index contributed by atoms with van der Waals surface area (Å²) in [7, 11) is 0. The number of hydrogen-bond acceptors (Lipinski definition) is 0. The van der Waals surface area contributed by atoms with E-state index in [1.165, 1.54) is 15.7 Å². The average molecular weight is 265 g/mol. The van der Waals surface area contributed by atoms with Gasteiger partial charge in [-0.3, -0.25) is 0 Å². The van der Waals surface area contributed by atoms with Gasteiger partial charge in [0.1, 0.15) is 0 Å². The first kappa shape index (κ1) is 14.5. The van der Waals surface area contributed by atoms with Crippen LogP contribution in [0.25, 0.3) is 0 Å². The molecule has 0 spiro atoms. The Kier molecular flexibility index (Phi) is 6.34. The van der Waals surface area contributed by atoms with E-state index in [9.17, 15) is 0 Å². The summed E-state index contributed by atoms with van der Waals surface area (Å²) in [6, 6.07) is 9.03. The number of benzene rings is 1. The zero-order valence-electron chi connectivity index (χ0n) is 9.31. The van der Waals surface area contributed by atoms with Gasteiger partial charge in [0.15, 0.2) is 0 Å². The summed E-state index contributed by atoms with van der Waals surface area (Å²) >= 11 is 2.05. The van der Waals surface area contributed by atoms with Crippen molar-refractivity contribution in [1.82, 2.24) is 0 Å². The summed E-state index contributed by atoms with van der Waals surface area (Å²) in [5.41, 5.74) is 3.22. The second-order valence-corrected chi connectivity index (χ2v) is 4.68. The Morgan fingerprint density at radius 1 is 1.14 bits per heavy atom. The van der Waals surface area contributed by atoms with Crippen LogP contribution in [0.3, 0.4) is 0 Å². The molecule has 0 atom stereocenters. The number of hydrogen-bond donors (Lipinski definition) is 0. The molecule has 0 fully saturated rings. The molecule has 0 aliphatic carbocycles. The number of aryl methyl sites for hydroxylation is 1. The van der Waals surface area contributed by atoms with Crippen molar-refractivity contribution in [3.63, 3.8) is 0 Å². The minimum atomic E-state index is 0. The van der Waals surface area contributed by atoms with Gasteiger partial charge in [-0.05, 0) is 0 Å². The van der Waals surface area contributed by atoms with E-state index in [0.717, 1.165) is 6.42 Å². The molecule has 0 amide bonds. The Labute approximate surface area is 111 Å². The normalized spacial score (nSPS) is 10.9. The van der Waals surface area contributed by atoms with Gasteiger partial charge in [-0.15, -0.1) is 0 Å². The van der Waals surface area contributed by atoms with E-state index in [2.05, 4.69) is 66.7 Å². The zero-order valence-corrected chi connectivity index (χ0v) is 12.3. The smallest absolute Gasteiger partial charge is 1.00 e. The maximum absolute atomic E-state index is 2.31. The van der Waals surface area contributed by atoms with Crippen molar-refractivity contribution < 1.29 is 17.0 Å². The summed E-state index contributed by atoms with van der Waals surface area (Å²) in [5.74, 6) is 0. The molecule has 0 N–H and O–H groups in total. The van der Waals surface area contributed by atoms with Crippen LogP contribution in [0.15, 0.2) is 24.3 Å². The topological polar surface area (TPSA) is 0 Å². The van der Waals surface area contributed by atoms with E-state index in [4.69, 9.17) is 0 Å². The standard InChI is InChI=1S/C12H17.BrH.Mg/c1-5-10-6-8-11(9-7-10)12(2,3)4;;/h6-9H,2,5H2,1,3-4H3;1H;/q;;+1/p-1. The Hall–Kier alpha value is 0.466. The van der Waals surface area contributed by atoms with Crippen LogP contribution < -0.4 is 17.0 Å². The van der Waals surface area contributed by atoms with Gasteiger partial charge in [0.05, 0.1) is 0 Å². The van der Waals surface area contributed by atoms with Crippen LogP contribution in [-0.2, 0) is 11.8 Å². The molecule has 0 nitrogen and oxygen atoms in total. The third-order valence-corrected chi connectivity index (χ3v) is 4.02. The molecule has 0 bridgehead atoms. The second kappa shape index (κ2) is 6.14. The number of halogens is 1. The van der Waals surface area contributed by atoms with Crippen molar-refractivity contribution in [3.05, 3.63) is 35.4 Å². The molecule has 0 aromatic heterocycles. The molecule has 2 heteroatoms. The fourth-order valence-electron chi connectivity index (χ4n) is 1.34. The molecule has 0 aliphatic heterocycles. The quantitative estimate of drug-likeness (QED) is 0.681. The summed E-state index contributed by atoms with van der Waals surface area (Å²) < 4.78 is 1.22. The van der Waals surface area contributed by atoms with Gasteiger partial charge in [-0.25, -0.2) is 0 Å². The van der Waals surface area contributed by atoms with Gasteiger partial charge in [0.2, 0.25) is 0 Å². The Bertz CT molecular complexity index is 264. The summed E-state index contributed by atoms with van der Waals surface area (Å²) in [5, 5.41) is 0. The molecule has 1 aromatic carbocycles. The molecular weight excluding hydrogens is 248 g/mol. The van der Waals surface area contributed by atoms with Gasteiger partial charge >= 0.3 is 94.3 Å². The van der Waals surface area contributed by atoms with Crippen molar-refractivity contribution in [2.45, 2.75) is 37.2 Å². The largest absolute Gasteiger partial charge is 1.00 e. The monoisotopic (exact) mass is 264 g/mol. The molecule has 14 heavy (non-hydrogen) atoms. The minimum Gasteiger partial charge on any atom is -1.00 e. The van der Waals surface area contributed by atoms with Crippen molar-refractivity contribution in [2.24, 2.45) is 0 Å². The maximum Gasteiger partial charge on any atom is -1.00 e. The van der Waals surface area contributed by atoms with Crippen LogP contribution in [0, 0.1) is 0 Å². The zero-order chi connectivity index (χ0) is 9.90. The fraction of sp³-hybridized carbons (Fsp3) is 0.500. The molecule has 0 heterocycles. The van der Waals surface area contributed by atoms with E-state index in [1.807, 2.05) is 0 Å². The molecule has 0 saturated heterocycles. The van der Waals surface area contributed by atoms with E-state index < -0.39 is 0 Å². The SMILES string of the molecule is CCc1ccc(C(C)(C)[CH2][Mg+])cc1.[Br-]. The fourth-order valence-corrected chi connectivity index (χ4v) is 1.62. The van der Waals surface area contributed by atoms with E-state index >= 15 is 0 Å². The predicted octanol–water partition coefficient (Wildman–Crippen LogP) is 0.117. The minimum absolute atomic E-state index is 0. The third-order valence-electron chi connectivity index (χ3n) is 2.77. The van der Waals surface area contributed by atoms with E-state index in [1.54, 1.807) is 0 Å².